The zero-order valence-electron chi connectivity index (χ0n) is 16.7. The molecule has 29 heavy (non-hydrogen) atoms. The third-order valence-corrected chi connectivity index (χ3v) is 4.09. The van der Waals surface area contributed by atoms with E-state index >= 15 is 0 Å². The third-order valence-electron chi connectivity index (χ3n) is 4.09. The summed E-state index contributed by atoms with van der Waals surface area (Å²) in [5.74, 6) is 1.75. The molecule has 0 atom stereocenters. The van der Waals surface area contributed by atoms with Gasteiger partial charge in [-0.05, 0) is 61.4 Å². The molecular weight excluding hydrogens is 368 g/mol. The summed E-state index contributed by atoms with van der Waals surface area (Å²) in [7, 11) is 1.61. The average molecular weight is 392 g/mol. The van der Waals surface area contributed by atoms with Crippen LogP contribution in [0.15, 0.2) is 54.9 Å². The van der Waals surface area contributed by atoms with Gasteiger partial charge in [-0.3, -0.25) is 4.79 Å². The lowest BCUT2D eigenvalue weighted by atomic mass is 10.1. The lowest BCUT2D eigenvalue weighted by molar-refractivity contribution is 0.0941. The van der Waals surface area contributed by atoms with E-state index in [-0.39, 0.29) is 11.6 Å². The van der Waals surface area contributed by atoms with Gasteiger partial charge in [-0.15, -0.1) is 0 Å². The second kappa shape index (κ2) is 9.54. The number of aromatic nitrogens is 2. The molecule has 0 bridgehead atoms. The molecule has 0 spiro atoms. The molecule has 0 fully saturated rings. The number of nitrogens with one attached hydrogen (secondary N) is 2. The van der Waals surface area contributed by atoms with E-state index in [1.54, 1.807) is 13.3 Å². The number of benzene rings is 2. The van der Waals surface area contributed by atoms with Crippen LogP contribution in [-0.2, 0) is 0 Å². The number of hydrogen-bond donors (Lipinski definition) is 2. The summed E-state index contributed by atoms with van der Waals surface area (Å²) in [4.78, 5) is 20.6. The Balaban J connectivity index is 1.47. The van der Waals surface area contributed by atoms with Gasteiger partial charge in [0.2, 0.25) is 0 Å². The summed E-state index contributed by atoms with van der Waals surface area (Å²) < 4.78 is 10.7. The van der Waals surface area contributed by atoms with Crippen molar-refractivity contribution in [1.82, 2.24) is 15.3 Å². The smallest absolute Gasteiger partial charge is 0.271 e. The molecule has 7 nitrogen and oxygen atoms in total. The Labute approximate surface area is 170 Å². The van der Waals surface area contributed by atoms with E-state index in [0.717, 1.165) is 22.6 Å². The van der Waals surface area contributed by atoms with E-state index in [0.29, 0.717) is 24.7 Å². The molecule has 1 aromatic heterocycles. The van der Waals surface area contributed by atoms with Gasteiger partial charge in [-0.25, -0.2) is 9.97 Å². The van der Waals surface area contributed by atoms with Crippen LogP contribution in [0.5, 0.6) is 11.5 Å². The van der Waals surface area contributed by atoms with Gasteiger partial charge in [0, 0.05) is 5.69 Å². The van der Waals surface area contributed by atoms with Gasteiger partial charge < -0.3 is 20.1 Å². The van der Waals surface area contributed by atoms with Crippen LogP contribution < -0.4 is 20.1 Å². The van der Waals surface area contributed by atoms with Gasteiger partial charge >= 0.3 is 0 Å². The molecule has 0 radical (unpaired) electrons. The summed E-state index contributed by atoms with van der Waals surface area (Å²) in [5, 5.41) is 5.96. The van der Waals surface area contributed by atoms with Gasteiger partial charge in [0.1, 0.15) is 29.6 Å². The van der Waals surface area contributed by atoms with Crippen LogP contribution in [0.4, 0.5) is 11.5 Å². The zero-order valence-corrected chi connectivity index (χ0v) is 16.7. The molecule has 0 saturated heterocycles. The predicted molar refractivity (Wildman–Crippen MR) is 112 cm³/mol. The summed E-state index contributed by atoms with van der Waals surface area (Å²) in [5.41, 5.74) is 3.51. The molecule has 3 aromatic rings. The maximum absolute atomic E-state index is 12.2. The molecule has 150 valence electrons. The molecule has 0 unspecified atom stereocenters. The first-order valence-electron chi connectivity index (χ1n) is 9.26. The minimum Gasteiger partial charge on any atom is -0.497 e. The predicted octanol–water partition coefficient (Wildman–Crippen LogP) is 3.65. The molecule has 7 heteroatoms. The number of rotatable bonds is 8. The van der Waals surface area contributed by atoms with E-state index < -0.39 is 0 Å². The number of nitrogens with zero attached hydrogens (tertiary/aromatic N) is 2. The molecule has 3 rings (SSSR count). The standard InChI is InChI=1S/C22H24N4O3/c1-15-10-16(2)12-17(11-15)26-21-14-24-20(13-25-21)22(27)23-8-9-29-19-6-4-18(28-3)5-7-19/h4-7,10-14H,8-9H2,1-3H3,(H,23,27)(H,25,26). The van der Waals surface area contributed by atoms with Gasteiger partial charge in [-0.1, -0.05) is 6.07 Å². The quantitative estimate of drug-likeness (QED) is 0.569. The highest BCUT2D eigenvalue weighted by molar-refractivity contribution is 5.92. The van der Waals surface area contributed by atoms with Gasteiger partial charge in [-0.2, -0.15) is 0 Å². The number of carbonyl (C=O) groups excluding carboxylic acids is 1. The van der Waals surface area contributed by atoms with Crippen molar-refractivity contribution >= 4 is 17.4 Å². The highest BCUT2D eigenvalue weighted by atomic mass is 16.5. The highest BCUT2D eigenvalue weighted by Crippen LogP contribution is 2.18. The van der Waals surface area contributed by atoms with E-state index in [1.807, 2.05) is 50.2 Å². The van der Waals surface area contributed by atoms with Crippen molar-refractivity contribution < 1.29 is 14.3 Å². The van der Waals surface area contributed by atoms with Gasteiger partial charge in [0.25, 0.3) is 5.91 Å². The molecule has 1 heterocycles. The SMILES string of the molecule is COc1ccc(OCCNC(=O)c2cnc(Nc3cc(C)cc(C)c3)cn2)cc1. The molecule has 2 aromatic carbocycles. The second-order valence-corrected chi connectivity index (χ2v) is 6.57. The molecule has 0 saturated carbocycles. The molecule has 0 aliphatic heterocycles. The fourth-order valence-corrected chi connectivity index (χ4v) is 2.80. The van der Waals surface area contributed by atoms with Crippen LogP contribution in [0, 0.1) is 13.8 Å². The lowest BCUT2D eigenvalue weighted by Gasteiger charge is -2.09. The largest absolute Gasteiger partial charge is 0.497 e. The van der Waals surface area contributed by atoms with Crippen molar-refractivity contribution in [2.45, 2.75) is 13.8 Å². The molecule has 0 aliphatic carbocycles. The Morgan fingerprint density at radius 3 is 2.28 bits per heavy atom. The van der Waals surface area contributed by atoms with E-state index in [9.17, 15) is 4.79 Å². The van der Waals surface area contributed by atoms with Crippen molar-refractivity contribution in [1.29, 1.82) is 0 Å². The van der Waals surface area contributed by atoms with Crippen LogP contribution >= 0.6 is 0 Å². The van der Waals surface area contributed by atoms with Crippen molar-refractivity contribution in [3.63, 3.8) is 0 Å². The summed E-state index contributed by atoms with van der Waals surface area (Å²) in [6.07, 6.45) is 2.99. The van der Waals surface area contributed by atoms with Crippen LogP contribution in [0.1, 0.15) is 21.6 Å². The number of anilines is 2. The third kappa shape index (κ3) is 5.93. The first kappa shape index (κ1) is 20.1. The van der Waals surface area contributed by atoms with Crippen LogP contribution in [-0.4, -0.2) is 36.1 Å². The number of amides is 1. The Bertz CT molecular complexity index is 937. The molecule has 1 amide bonds. The summed E-state index contributed by atoms with van der Waals surface area (Å²) in [6, 6.07) is 13.4. The van der Waals surface area contributed by atoms with Gasteiger partial charge in [0.15, 0.2) is 0 Å². The first-order valence-corrected chi connectivity index (χ1v) is 9.26. The number of hydrogen-bond acceptors (Lipinski definition) is 6. The van der Waals surface area contributed by atoms with Crippen molar-refractivity contribution in [3.8, 4) is 11.5 Å². The fraction of sp³-hybridized carbons (Fsp3) is 0.227. The monoisotopic (exact) mass is 392 g/mol. The minimum atomic E-state index is -0.297. The van der Waals surface area contributed by atoms with Crippen molar-refractivity contribution in [3.05, 3.63) is 71.7 Å². The van der Waals surface area contributed by atoms with Crippen LogP contribution in [0.3, 0.4) is 0 Å². The van der Waals surface area contributed by atoms with E-state index in [4.69, 9.17) is 9.47 Å². The second-order valence-electron chi connectivity index (χ2n) is 6.57. The Morgan fingerprint density at radius 2 is 1.66 bits per heavy atom. The minimum absolute atomic E-state index is 0.250. The van der Waals surface area contributed by atoms with Crippen LogP contribution in [0.2, 0.25) is 0 Å². The fourth-order valence-electron chi connectivity index (χ4n) is 2.80. The summed E-state index contributed by atoms with van der Waals surface area (Å²) >= 11 is 0. The number of methoxy groups -OCH3 is 1. The maximum Gasteiger partial charge on any atom is 0.271 e. The Morgan fingerprint density at radius 1 is 0.966 bits per heavy atom. The Hall–Kier alpha value is -3.61. The number of aryl methyl sites for hydroxylation is 2. The lowest BCUT2D eigenvalue weighted by Crippen LogP contribution is -2.28. The number of ether oxygens (including phenoxy) is 2. The molecule has 2 N–H and O–H groups in total. The number of carbonyl (C=O) groups is 1. The topological polar surface area (TPSA) is 85.4 Å². The van der Waals surface area contributed by atoms with E-state index in [2.05, 4.69) is 26.7 Å². The van der Waals surface area contributed by atoms with Gasteiger partial charge in [0.05, 0.1) is 26.0 Å². The summed E-state index contributed by atoms with van der Waals surface area (Å²) in [6.45, 7) is 4.78. The van der Waals surface area contributed by atoms with Crippen LogP contribution in [0.25, 0.3) is 0 Å². The van der Waals surface area contributed by atoms with Crippen molar-refractivity contribution in [2.75, 3.05) is 25.6 Å². The maximum atomic E-state index is 12.2. The molecule has 0 aliphatic rings. The Kier molecular flexibility index (Phi) is 6.63. The average Bonchev–Trinajstić information content (AvgIpc) is 2.71. The van der Waals surface area contributed by atoms with E-state index in [1.165, 1.54) is 6.20 Å². The normalized spacial score (nSPS) is 10.3. The molecular formula is C22H24N4O3. The first-order chi connectivity index (χ1) is 14.0. The highest BCUT2D eigenvalue weighted by Gasteiger charge is 2.08. The van der Waals surface area contributed by atoms with Crippen molar-refractivity contribution in [2.24, 2.45) is 0 Å². The zero-order chi connectivity index (χ0) is 20.6.